The van der Waals surface area contributed by atoms with E-state index in [0.29, 0.717) is 0 Å². The molecule has 0 fully saturated rings. The van der Waals surface area contributed by atoms with E-state index < -0.39 is 6.10 Å². The van der Waals surface area contributed by atoms with Crippen LogP contribution in [0.25, 0.3) is 0 Å². The normalized spacial score (nSPS) is 12.5. The van der Waals surface area contributed by atoms with Crippen LogP contribution in [0, 0.1) is 6.92 Å². The Balaban J connectivity index is 2.74. The van der Waals surface area contributed by atoms with Gasteiger partial charge in [-0.15, -0.1) is 0 Å². The molecule has 0 aromatic heterocycles. The van der Waals surface area contributed by atoms with Gasteiger partial charge in [0.05, 0.1) is 6.61 Å². The highest BCUT2D eigenvalue weighted by molar-refractivity contribution is 5.40. The quantitative estimate of drug-likeness (QED) is 0.770. The minimum atomic E-state index is -0.811. The second-order valence-electron chi connectivity index (χ2n) is 3.56. The number of aliphatic hydroxyl groups excluding tert-OH is 2. The lowest BCUT2D eigenvalue weighted by Crippen LogP contribution is -2.21. The Morgan fingerprint density at radius 2 is 2.13 bits per heavy atom. The first-order chi connectivity index (χ1) is 7.19. The first-order valence-electron chi connectivity index (χ1n) is 5.19. The van der Waals surface area contributed by atoms with Crippen LogP contribution < -0.4 is 4.74 Å². The fourth-order valence-electron chi connectivity index (χ4n) is 1.43. The fourth-order valence-corrected chi connectivity index (χ4v) is 1.43. The highest BCUT2D eigenvalue weighted by Crippen LogP contribution is 2.23. The van der Waals surface area contributed by atoms with E-state index in [0.717, 1.165) is 23.3 Å². The number of hydrogen-bond acceptors (Lipinski definition) is 3. The van der Waals surface area contributed by atoms with Gasteiger partial charge in [-0.25, -0.2) is 0 Å². The van der Waals surface area contributed by atoms with E-state index in [1.54, 1.807) is 0 Å². The molecule has 0 bridgehead atoms. The van der Waals surface area contributed by atoms with Crippen molar-refractivity contribution >= 4 is 0 Å². The molecule has 0 aliphatic heterocycles. The highest BCUT2D eigenvalue weighted by atomic mass is 16.5. The SMILES string of the molecule is CCc1cccc(C)c1OCC(O)CO. The van der Waals surface area contributed by atoms with Crippen molar-refractivity contribution < 1.29 is 14.9 Å². The van der Waals surface area contributed by atoms with Crippen LogP contribution in [-0.2, 0) is 6.42 Å². The number of rotatable bonds is 5. The fraction of sp³-hybridized carbons (Fsp3) is 0.500. The molecule has 0 spiro atoms. The van der Waals surface area contributed by atoms with Crippen molar-refractivity contribution in [3.8, 4) is 5.75 Å². The molecule has 15 heavy (non-hydrogen) atoms. The summed E-state index contributed by atoms with van der Waals surface area (Å²) in [6.07, 6.45) is 0.0843. The number of benzene rings is 1. The summed E-state index contributed by atoms with van der Waals surface area (Å²) in [5, 5.41) is 17.9. The van der Waals surface area contributed by atoms with E-state index in [1.165, 1.54) is 0 Å². The summed E-state index contributed by atoms with van der Waals surface area (Å²) in [7, 11) is 0. The minimum Gasteiger partial charge on any atom is -0.490 e. The first-order valence-corrected chi connectivity index (χ1v) is 5.19. The number of ether oxygens (including phenoxy) is 1. The second-order valence-corrected chi connectivity index (χ2v) is 3.56. The van der Waals surface area contributed by atoms with Crippen LogP contribution in [0.4, 0.5) is 0 Å². The van der Waals surface area contributed by atoms with Crippen molar-refractivity contribution in [2.75, 3.05) is 13.2 Å². The Hall–Kier alpha value is -1.06. The van der Waals surface area contributed by atoms with Gasteiger partial charge < -0.3 is 14.9 Å². The average molecular weight is 210 g/mol. The Bertz CT molecular complexity index is 310. The van der Waals surface area contributed by atoms with Crippen LogP contribution in [0.2, 0.25) is 0 Å². The Morgan fingerprint density at radius 1 is 1.40 bits per heavy atom. The van der Waals surface area contributed by atoms with Crippen molar-refractivity contribution in [3.05, 3.63) is 29.3 Å². The summed E-state index contributed by atoms with van der Waals surface area (Å²) in [6.45, 7) is 3.89. The molecule has 2 N–H and O–H groups in total. The van der Waals surface area contributed by atoms with Gasteiger partial charge in [-0.1, -0.05) is 25.1 Å². The van der Waals surface area contributed by atoms with Crippen LogP contribution >= 0.6 is 0 Å². The molecule has 1 aromatic carbocycles. The standard InChI is InChI=1S/C12H18O3/c1-3-10-6-4-5-9(2)12(10)15-8-11(14)7-13/h4-6,11,13-14H,3,7-8H2,1-2H3. The van der Waals surface area contributed by atoms with E-state index >= 15 is 0 Å². The maximum Gasteiger partial charge on any atom is 0.125 e. The maximum atomic E-state index is 9.20. The summed E-state index contributed by atoms with van der Waals surface area (Å²) >= 11 is 0. The molecule has 1 unspecified atom stereocenters. The van der Waals surface area contributed by atoms with E-state index in [9.17, 15) is 5.11 Å². The third kappa shape index (κ3) is 3.22. The molecule has 84 valence electrons. The van der Waals surface area contributed by atoms with Crippen LogP contribution in [-0.4, -0.2) is 29.5 Å². The number of aliphatic hydroxyl groups is 2. The van der Waals surface area contributed by atoms with Crippen LogP contribution in [0.3, 0.4) is 0 Å². The minimum absolute atomic E-state index is 0.133. The van der Waals surface area contributed by atoms with E-state index in [1.807, 2.05) is 25.1 Å². The second kappa shape index (κ2) is 5.73. The van der Waals surface area contributed by atoms with Gasteiger partial charge in [-0.3, -0.25) is 0 Å². The van der Waals surface area contributed by atoms with Crippen molar-refractivity contribution in [1.29, 1.82) is 0 Å². The summed E-state index contributed by atoms with van der Waals surface area (Å²) in [4.78, 5) is 0. The van der Waals surface area contributed by atoms with Gasteiger partial charge in [0.25, 0.3) is 0 Å². The highest BCUT2D eigenvalue weighted by Gasteiger charge is 2.08. The molecule has 0 saturated heterocycles. The molecular formula is C12H18O3. The van der Waals surface area contributed by atoms with Crippen LogP contribution in [0.1, 0.15) is 18.1 Å². The van der Waals surface area contributed by atoms with Crippen molar-refractivity contribution in [2.24, 2.45) is 0 Å². The third-order valence-corrected chi connectivity index (χ3v) is 2.31. The Labute approximate surface area is 90.3 Å². The van der Waals surface area contributed by atoms with Crippen molar-refractivity contribution in [1.82, 2.24) is 0 Å². The monoisotopic (exact) mass is 210 g/mol. The van der Waals surface area contributed by atoms with Gasteiger partial charge in [-0.2, -0.15) is 0 Å². The third-order valence-electron chi connectivity index (χ3n) is 2.31. The predicted octanol–water partition coefficient (Wildman–Crippen LogP) is 1.29. The number of hydrogen-bond donors (Lipinski definition) is 2. The van der Waals surface area contributed by atoms with Gasteiger partial charge in [0, 0.05) is 0 Å². The largest absolute Gasteiger partial charge is 0.490 e. The topological polar surface area (TPSA) is 49.7 Å². The summed E-state index contributed by atoms with van der Waals surface area (Å²) in [5.74, 6) is 0.826. The first kappa shape index (κ1) is 12.0. The molecule has 1 atom stereocenters. The summed E-state index contributed by atoms with van der Waals surface area (Å²) in [5.41, 5.74) is 2.18. The zero-order chi connectivity index (χ0) is 11.3. The smallest absolute Gasteiger partial charge is 0.125 e. The van der Waals surface area contributed by atoms with E-state index in [4.69, 9.17) is 9.84 Å². The zero-order valence-electron chi connectivity index (χ0n) is 9.23. The number of aryl methyl sites for hydroxylation is 2. The molecule has 3 nitrogen and oxygen atoms in total. The molecule has 3 heteroatoms. The lowest BCUT2D eigenvalue weighted by atomic mass is 10.1. The maximum absolute atomic E-state index is 9.20. The van der Waals surface area contributed by atoms with Gasteiger partial charge in [-0.05, 0) is 24.5 Å². The summed E-state index contributed by atoms with van der Waals surface area (Å²) < 4.78 is 5.50. The molecule has 0 saturated carbocycles. The van der Waals surface area contributed by atoms with Crippen LogP contribution in [0.5, 0.6) is 5.75 Å². The van der Waals surface area contributed by atoms with Gasteiger partial charge in [0.2, 0.25) is 0 Å². The van der Waals surface area contributed by atoms with Gasteiger partial charge in [0.15, 0.2) is 0 Å². The summed E-state index contributed by atoms with van der Waals surface area (Å²) in [6, 6.07) is 5.97. The lowest BCUT2D eigenvalue weighted by molar-refractivity contribution is 0.0531. The zero-order valence-corrected chi connectivity index (χ0v) is 9.23. The molecule has 1 aromatic rings. The number of para-hydroxylation sites is 1. The van der Waals surface area contributed by atoms with Crippen LogP contribution in [0.15, 0.2) is 18.2 Å². The van der Waals surface area contributed by atoms with E-state index in [2.05, 4.69) is 6.92 Å². The molecule has 0 aliphatic carbocycles. The van der Waals surface area contributed by atoms with Gasteiger partial charge in [0.1, 0.15) is 18.5 Å². The average Bonchev–Trinajstić information content (AvgIpc) is 2.26. The van der Waals surface area contributed by atoms with Crippen molar-refractivity contribution in [3.63, 3.8) is 0 Å². The predicted molar refractivity (Wildman–Crippen MR) is 59.1 cm³/mol. The Morgan fingerprint density at radius 3 is 2.73 bits per heavy atom. The molecule has 0 aliphatic rings. The molecular weight excluding hydrogens is 192 g/mol. The van der Waals surface area contributed by atoms with Crippen molar-refractivity contribution in [2.45, 2.75) is 26.4 Å². The lowest BCUT2D eigenvalue weighted by Gasteiger charge is -2.15. The Kier molecular flexibility index (Phi) is 4.59. The molecule has 0 amide bonds. The van der Waals surface area contributed by atoms with Gasteiger partial charge >= 0.3 is 0 Å². The van der Waals surface area contributed by atoms with E-state index in [-0.39, 0.29) is 13.2 Å². The molecule has 0 heterocycles. The molecule has 1 rings (SSSR count). The molecule has 0 radical (unpaired) electrons.